The van der Waals surface area contributed by atoms with Crippen LogP contribution in [-0.2, 0) is 11.2 Å². The van der Waals surface area contributed by atoms with Gasteiger partial charge in [-0.15, -0.1) is 11.3 Å². The van der Waals surface area contributed by atoms with Gasteiger partial charge in [-0.3, -0.25) is 0 Å². The number of ether oxygens (including phenoxy) is 1. The highest BCUT2D eigenvalue weighted by Crippen LogP contribution is 2.37. The van der Waals surface area contributed by atoms with E-state index in [1.165, 1.54) is 16.0 Å². The fourth-order valence-electron chi connectivity index (χ4n) is 2.08. The maximum Gasteiger partial charge on any atom is 0.0843 e. The molecule has 0 aliphatic heterocycles. The first-order valence-corrected chi connectivity index (χ1v) is 8.75. The number of thiophene rings is 1. The van der Waals surface area contributed by atoms with E-state index in [0.29, 0.717) is 0 Å². The number of methoxy groups -OCH3 is 1. The average molecular weight is 419 g/mol. The molecule has 1 unspecified atom stereocenters. The average Bonchev–Trinajstić information content (AvgIpc) is 2.78. The third-order valence-corrected chi connectivity index (χ3v) is 6.47. The fourth-order valence-corrected chi connectivity index (χ4v) is 4.30. The van der Waals surface area contributed by atoms with Crippen molar-refractivity contribution in [2.45, 2.75) is 12.5 Å². The molecule has 0 saturated heterocycles. The first kappa shape index (κ1) is 16.2. The predicted octanol–water partition coefficient (Wildman–Crippen LogP) is 4.77. The lowest BCUT2D eigenvalue weighted by Crippen LogP contribution is -2.16. The zero-order valence-corrected chi connectivity index (χ0v) is 15.4. The highest BCUT2D eigenvalue weighted by atomic mass is 79.9. The zero-order chi connectivity index (χ0) is 14.5. The van der Waals surface area contributed by atoms with E-state index in [0.717, 1.165) is 21.3 Å². The molecule has 1 aromatic heterocycles. The molecule has 0 radical (unpaired) electrons. The molecule has 2 rings (SSSR count). The minimum Gasteiger partial charge on any atom is -0.384 e. The lowest BCUT2D eigenvalue weighted by atomic mass is 10.0. The Kier molecular flexibility index (Phi) is 6.23. The highest BCUT2D eigenvalue weighted by molar-refractivity contribution is 9.13. The standard InChI is InChI=1S/C15H17Br2NOS/c1-18-14(13-9-12(16)15(17)20-13)11-5-3-10(4-6-11)7-8-19-2/h3-6,9,14,18H,7-8H2,1-2H3. The van der Waals surface area contributed by atoms with E-state index < -0.39 is 0 Å². The molecule has 108 valence electrons. The van der Waals surface area contributed by atoms with E-state index in [1.54, 1.807) is 18.4 Å². The number of hydrogen-bond donors (Lipinski definition) is 1. The minimum atomic E-state index is 0.221. The Bertz CT molecular complexity index is 534. The van der Waals surface area contributed by atoms with Gasteiger partial charge < -0.3 is 10.1 Å². The Balaban J connectivity index is 2.19. The molecule has 1 atom stereocenters. The van der Waals surface area contributed by atoms with Crippen LogP contribution in [0.2, 0.25) is 0 Å². The molecule has 2 aromatic rings. The van der Waals surface area contributed by atoms with Crippen molar-refractivity contribution in [3.63, 3.8) is 0 Å². The molecular weight excluding hydrogens is 402 g/mol. The smallest absolute Gasteiger partial charge is 0.0843 e. The SMILES string of the molecule is CNC(c1ccc(CCOC)cc1)c1cc(Br)c(Br)s1. The number of hydrogen-bond acceptors (Lipinski definition) is 3. The van der Waals surface area contributed by atoms with Crippen molar-refractivity contribution < 1.29 is 4.74 Å². The molecule has 2 nitrogen and oxygen atoms in total. The third kappa shape index (κ3) is 3.92. The van der Waals surface area contributed by atoms with E-state index in [1.807, 2.05) is 7.05 Å². The Labute approximate surface area is 140 Å². The normalized spacial score (nSPS) is 12.6. The Hall–Kier alpha value is -0.200. The zero-order valence-electron chi connectivity index (χ0n) is 11.5. The van der Waals surface area contributed by atoms with E-state index in [4.69, 9.17) is 4.74 Å². The minimum absolute atomic E-state index is 0.221. The van der Waals surface area contributed by atoms with Gasteiger partial charge in [-0.1, -0.05) is 24.3 Å². The summed E-state index contributed by atoms with van der Waals surface area (Å²) in [6, 6.07) is 11.1. The second-order valence-electron chi connectivity index (χ2n) is 4.48. The summed E-state index contributed by atoms with van der Waals surface area (Å²) in [4.78, 5) is 1.29. The van der Waals surface area contributed by atoms with Crippen LogP contribution in [0.4, 0.5) is 0 Å². The summed E-state index contributed by atoms with van der Waals surface area (Å²) in [7, 11) is 3.73. The van der Waals surface area contributed by atoms with Gasteiger partial charge in [0, 0.05) is 16.5 Å². The molecule has 0 saturated carbocycles. The number of rotatable bonds is 6. The van der Waals surface area contributed by atoms with Crippen LogP contribution in [0.1, 0.15) is 22.0 Å². The van der Waals surface area contributed by atoms with Crippen LogP contribution in [0.25, 0.3) is 0 Å². The third-order valence-electron chi connectivity index (χ3n) is 3.15. The van der Waals surface area contributed by atoms with Crippen LogP contribution in [0.3, 0.4) is 0 Å². The van der Waals surface area contributed by atoms with Crippen LogP contribution in [0.15, 0.2) is 38.6 Å². The van der Waals surface area contributed by atoms with Gasteiger partial charge in [-0.2, -0.15) is 0 Å². The Morgan fingerprint density at radius 1 is 1.25 bits per heavy atom. The van der Waals surface area contributed by atoms with E-state index in [-0.39, 0.29) is 6.04 Å². The summed E-state index contributed by atoms with van der Waals surface area (Å²) < 4.78 is 7.34. The van der Waals surface area contributed by atoms with Crippen molar-refractivity contribution in [2.75, 3.05) is 20.8 Å². The maximum absolute atomic E-state index is 5.11. The number of benzene rings is 1. The van der Waals surface area contributed by atoms with Gasteiger partial charge in [-0.05, 0) is 62.5 Å². The van der Waals surface area contributed by atoms with Gasteiger partial charge in [0.15, 0.2) is 0 Å². The second kappa shape index (κ2) is 7.71. The molecule has 0 aliphatic carbocycles. The molecule has 5 heteroatoms. The van der Waals surface area contributed by atoms with E-state index >= 15 is 0 Å². The summed E-state index contributed by atoms with van der Waals surface area (Å²) in [6.45, 7) is 0.764. The highest BCUT2D eigenvalue weighted by Gasteiger charge is 2.16. The molecule has 1 heterocycles. The summed E-state index contributed by atoms with van der Waals surface area (Å²) in [6.07, 6.45) is 0.955. The molecule has 0 aliphatic rings. The van der Waals surface area contributed by atoms with Gasteiger partial charge in [0.2, 0.25) is 0 Å². The molecule has 20 heavy (non-hydrogen) atoms. The lowest BCUT2D eigenvalue weighted by molar-refractivity contribution is 0.202. The van der Waals surface area contributed by atoms with Crippen molar-refractivity contribution in [3.8, 4) is 0 Å². The van der Waals surface area contributed by atoms with Gasteiger partial charge in [0.25, 0.3) is 0 Å². The molecule has 1 N–H and O–H groups in total. The molecule has 1 aromatic carbocycles. The predicted molar refractivity (Wildman–Crippen MR) is 92.6 cm³/mol. The van der Waals surface area contributed by atoms with Crippen molar-refractivity contribution in [2.24, 2.45) is 0 Å². The number of nitrogens with one attached hydrogen (secondary N) is 1. The van der Waals surface area contributed by atoms with Gasteiger partial charge in [0.1, 0.15) is 0 Å². The van der Waals surface area contributed by atoms with Crippen molar-refractivity contribution >= 4 is 43.2 Å². The summed E-state index contributed by atoms with van der Waals surface area (Å²) in [5.41, 5.74) is 2.58. The van der Waals surface area contributed by atoms with E-state index in [2.05, 4.69) is 67.5 Å². The largest absolute Gasteiger partial charge is 0.384 e. The molecule has 0 amide bonds. The lowest BCUT2D eigenvalue weighted by Gasteiger charge is -2.15. The monoisotopic (exact) mass is 417 g/mol. The van der Waals surface area contributed by atoms with Crippen LogP contribution >= 0.6 is 43.2 Å². The quantitative estimate of drug-likeness (QED) is 0.729. The summed E-state index contributed by atoms with van der Waals surface area (Å²) >= 11 is 8.85. The maximum atomic E-state index is 5.11. The van der Waals surface area contributed by atoms with Gasteiger partial charge in [-0.25, -0.2) is 0 Å². The molecular formula is C15H17Br2NOS. The van der Waals surface area contributed by atoms with Crippen LogP contribution in [0.5, 0.6) is 0 Å². The number of halogens is 2. The van der Waals surface area contributed by atoms with Crippen molar-refractivity contribution in [1.29, 1.82) is 0 Å². The van der Waals surface area contributed by atoms with Gasteiger partial charge in [0.05, 0.1) is 16.4 Å². The summed E-state index contributed by atoms with van der Waals surface area (Å²) in [5.74, 6) is 0. The molecule has 0 fully saturated rings. The van der Waals surface area contributed by atoms with Crippen molar-refractivity contribution in [3.05, 3.63) is 54.6 Å². The van der Waals surface area contributed by atoms with Crippen LogP contribution in [0, 0.1) is 0 Å². The fraction of sp³-hybridized carbons (Fsp3) is 0.333. The second-order valence-corrected chi connectivity index (χ2v) is 7.73. The molecule has 0 bridgehead atoms. The van der Waals surface area contributed by atoms with Gasteiger partial charge >= 0.3 is 0 Å². The molecule has 0 spiro atoms. The Morgan fingerprint density at radius 3 is 2.45 bits per heavy atom. The van der Waals surface area contributed by atoms with Crippen LogP contribution < -0.4 is 5.32 Å². The van der Waals surface area contributed by atoms with Crippen LogP contribution in [-0.4, -0.2) is 20.8 Å². The van der Waals surface area contributed by atoms with Crippen molar-refractivity contribution in [1.82, 2.24) is 5.32 Å². The first-order chi connectivity index (χ1) is 9.65. The summed E-state index contributed by atoms with van der Waals surface area (Å²) in [5, 5.41) is 3.38. The van der Waals surface area contributed by atoms with E-state index in [9.17, 15) is 0 Å². The Morgan fingerprint density at radius 2 is 1.95 bits per heavy atom. The first-order valence-electron chi connectivity index (χ1n) is 6.35. The topological polar surface area (TPSA) is 21.3 Å².